The Morgan fingerprint density at radius 1 is 1.47 bits per heavy atom. The summed E-state index contributed by atoms with van der Waals surface area (Å²) in [6.45, 7) is 12.4. The monoisotopic (exact) mass is 214 g/mol. The van der Waals surface area contributed by atoms with E-state index in [2.05, 4.69) is 32.8 Å². The summed E-state index contributed by atoms with van der Waals surface area (Å²) in [6, 6.07) is 0.173. The molecule has 0 heterocycles. The van der Waals surface area contributed by atoms with Crippen molar-refractivity contribution < 1.29 is 4.74 Å². The van der Waals surface area contributed by atoms with E-state index < -0.39 is 0 Å². The summed E-state index contributed by atoms with van der Waals surface area (Å²) in [5.74, 6) is 5.57. The highest BCUT2D eigenvalue weighted by atomic mass is 16.5. The average molecular weight is 214 g/mol. The highest BCUT2D eigenvalue weighted by Crippen LogP contribution is 2.26. The van der Waals surface area contributed by atoms with E-state index in [-0.39, 0.29) is 17.6 Å². The Labute approximate surface area is 94.0 Å². The summed E-state index contributed by atoms with van der Waals surface area (Å²) in [4.78, 5) is 0. The molecule has 15 heavy (non-hydrogen) atoms. The van der Waals surface area contributed by atoms with Gasteiger partial charge in [0.15, 0.2) is 0 Å². The molecule has 3 N–H and O–H groups in total. The zero-order valence-electron chi connectivity index (χ0n) is 10.8. The van der Waals surface area contributed by atoms with E-state index in [0.717, 1.165) is 12.8 Å². The van der Waals surface area contributed by atoms with Crippen molar-refractivity contribution in [1.82, 2.24) is 5.43 Å². The Bertz CT molecular complexity index is 196. The van der Waals surface area contributed by atoms with E-state index in [0.29, 0.717) is 0 Å². The molecule has 90 valence electrons. The van der Waals surface area contributed by atoms with Crippen molar-refractivity contribution in [2.45, 2.75) is 52.7 Å². The lowest BCUT2D eigenvalue weighted by molar-refractivity contribution is -0.0130. The molecule has 0 saturated heterocycles. The first-order valence-electron chi connectivity index (χ1n) is 5.46. The van der Waals surface area contributed by atoms with Crippen LogP contribution in [0.25, 0.3) is 0 Å². The van der Waals surface area contributed by atoms with Crippen molar-refractivity contribution in [3.05, 3.63) is 12.2 Å². The first-order valence-corrected chi connectivity index (χ1v) is 5.46. The molecule has 0 aromatic heterocycles. The van der Waals surface area contributed by atoms with Crippen LogP contribution < -0.4 is 11.3 Å². The van der Waals surface area contributed by atoms with Gasteiger partial charge in [0.05, 0.1) is 6.10 Å². The third kappa shape index (κ3) is 5.30. The zero-order chi connectivity index (χ0) is 12.1. The number of allylic oxidation sites excluding steroid dienone is 1. The van der Waals surface area contributed by atoms with Crippen LogP contribution in [-0.4, -0.2) is 19.3 Å². The number of rotatable bonds is 6. The number of hydrogen-bond donors (Lipinski definition) is 2. The summed E-state index contributed by atoms with van der Waals surface area (Å²) in [7, 11) is 1.74. The fourth-order valence-corrected chi connectivity index (χ4v) is 1.85. The molecule has 0 aliphatic heterocycles. The van der Waals surface area contributed by atoms with Crippen molar-refractivity contribution in [1.29, 1.82) is 0 Å². The number of nitrogens with two attached hydrogens (primary N) is 1. The lowest BCUT2D eigenvalue weighted by atomic mass is 9.83. The highest BCUT2D eigenvalue weighted by molar-refractivity contribution is 4.92. The van der Waals surface area contributed by atoms with E-state index in [9.17, 15) is 0 Å². The third-order valence-electron chi connectivity index (χ3n) is 2.57. The van der Waals surface area contributed by atoms with Gasteiger partial charge in [-0.2, -0.15) is 0 Å². The van der Waals surface area contributed by atoms with Crippen LogP contribution in [0.3, 0.4) is 0 Å². The van der Waals surface area contributed by atoms with Gasteiger partial charge in [-0.15, -0.1) is 6.58 Å². The number of hydrogen-bond acceptors (Lipinski definition) is 3. The standard InChI is InChI=1S/C12H26N2O/c1-9(2)7-8-10(14-13)11(15-6)12(3,4)5/h10-11,14H,1,7-8,13H2,2-6H3. The fraction of sp³-hybridized carbons (Fsp3) is 0.833. The van der Waals surface area contributed by atoms with Crippen LogP contribution >= 0.6 is 0 Å². The summed E-state index contributed by atoms with van der Waals surface area (Å²) in [5, 5.41) is 0. The maximum absolute atomic E-state index is 5.57. The number of ether oxygens (including phenoxy) is 1. The maximum Gasteiger partial charge on any atom is 0.0785 e. The van der Waals surface area contributed by atoms with Gasteiger partial charge in [0.1, 0.15) is 0 Å². The van der Waals surface area contributed by atoms with Gasteiger partial charge >= 0.3 is 0 Å². The van der Waals surface area contributed by atoms with Crippen molar-refractivity contribution >= 4 is 0 Å². The Morgan fingerprint density at radius 3 is 2.27 bits per heavy atom. The molecule has 0 radical (unpaired) electrons. The Hall–Kier alpha value is -0.380. The molecule has 0 aromatic rings. The van der Waals surface area contributed by atoms with Crippen LogP contribution in [0.15, 0.2) is 12.2 Å². The Balaban J connectivity index is 4.41. The van der Waals surface area contributed by atoms with E-state index in [1.165, 1.54) is 5.57 Å². The average Bonchev–Trinajstić information content (AvgIpc) is 2.09. The summed E-state index contributed by atoms with van der Waals surface area (Å²) in [6.07, 6.45) is 2.05. The van der Waals surface area contributed by atoms with Gasteiger partial charge in [0, 0.05) is 13.2 Å². The second kappa shape index (κ2) is 6.26. The molecule has 0 spiro atoms. The van der Waals surface area contributed by atoms with E-state index in [1.54, 1.807) is 7.11 Å². The van der Waals surface area contributed by atoms with Gasteiger partial charge < -0.3 is 4.74 Å². The van der Waals surface area contributed by atoms with Crippen LogP contribution in [0.4, 0.5) is 0 Å². The second-order valence-electron chi connectivity index (χ2n) is 5.29. The van der Waals surface area contributed by atoms with Crippen LogP contribution in [-0.2, 0) is 4.74 Å². The van der Waals surface area contributed by atoms with E-state index in [1.807, 2.05) is 6.92 Å². The molecular formula is C12H26N2O. The van der Waals surface area contributed by atoms with Crippen molar-refractivity contribution in [3.8, 4) is 0 Å². The summed E-state index contributed by atoms with van der Waals surface area (Å²) < 4.78 is 5.53. The van der Waals surface area contributed by atoms with Crippen LogP contribution in [0, 0.1) is 5.41 Å². The number of hydrazine groups is 1. The highest BCUT2D eigenvalue weighted by Gasteiger charge is 2.31. The van der Waals surface area contributed by atoms with Crippen LogP contribution in [0.1, 0.15) is 40.5 Å². The lowest BCUT2D eigenvalue weighted by Crippen LogP contribution is -2.50. The molecule has 0 saturated carbocycles. The number of methoxy groups -OCH3 is 1. The molecule has 0 aliphatic carbocycles. The smallest absolute Gasteiger partial charge is 0.0785 e. The molecule has 0 aromatic carbocycles. The maximum atomic E-state index is 5.57. The Kier molecular flexibility index (Phi) is 6.10. The SMILES string of the molecule is C=C(C)CCC(NN)C(OC)C(C)(C)C. The molecule has 0 bridgehead atoms. The van der Waals surface area contributed by atoms with E-state index >= 15 is 0 Å². The molecule has 2 atom stereocenters. The van der Waals surface area contributed by atoms with Crippen molar-refractivity contribution in [2.75, 3.05) is 7.11 Å². The van der Waals surface area contributed by atoms with Crippen LogP contribution in [0.2, 0.25) is 0 Å². The van der Waals surface area contributed by atoms with Gasteiger partial charge in [-0.05, 0) is 25.2 Å². The molecule has 0 aliphatic rings. The van der Waals surface area contributed by atoms with Crippen molar-refractivity contribution in [3.63, 3.8) is 0 Å². The second-order valence-corrected chi connectivity index (χ2v) is 5.29. The van der Waals surface area contributed by atoms with Gasteiger partial charge in [-0.1, -0.05) is 26.3 Å². The first kappa shape index (κ1) is 14.6. The minimum atomic E-state index is 0.0842. The van der Waals surface area contributed by atoms with Gasteiger partial charge in [-0.3, -0.25) is 11.3 Å². The topological polar surface area (TPSA) is 47.3 Å². The number of nitrogens with one attached hydrogen (secondary N) is 1. The van der Waals surface area contributed by atoms with Gasteiger partial charge in [0.2, 0.25) is 0 Å². The molecule has 0 amide bonds. The van der Waals surface area contributed by atoms with Crippen LogP contribution in [0.5, 0.6) is 0 Å². The molecular weight excluding hydrogens is 188 g/mol. The van der Waals surface area contributed by atoms with Gasteiger partial charge in [-0.25, -0.2) is 0 Å². The predicted octanol–water partition coefficient (Wildman–Crippen LogP) is 2.24. The zero-order valence-corrected chi connectivity index (χ0v) is 10.8. The Morgan fingerprint density at radius 2 is 2.00 bits per heavy atom. The summed E-state index contributed by atoms with van der Waals surface area (Å²) >= 11 is 0. The minimum absolute atomic E-state index is 0.0842. The minimum Gasteiger partial charge on any atom is -0.379 e. The van der Waals surface area contributed by atoms with Crippen molar-refractivity contribution in [2.24, 2.45) is 11.3 Å². The normalized spacial score (nSPS) is 16.1. The first-order chi connectivity index (χ1) is 6.82. The molecule has 0 fully saturated rings. The lowest BCUT2D eigenvalue weighted by Gasteiger charge is -2.35. The van der Waals surface area contributed by atoms with E-state index in [4.69, 9.17) is 10.6 Å². The quantitative estimate of drug-likeness (QED) is 0.405. The molecule has 0 rings (SSSR count). The predicted molar refractivity (Wildman–Crippen MR) is 65.4 cm³/mol. The van der Waals surface area contributed by atoms with Gasteiger partial charge in [0.25, 0.3) is 0 Å². The summed E-state index contributed by atoms with van der Waals surface area (Å²) in [5.41, 5.74) is 4.11. The molecule has 3 heteroatoms. The molecule has 2 unspecified atom stereocenters. The largest absolute Gasteiger partial charge is 0.379 e. The third-order valence-corrected chi connectivity index (χ3v) is 2.57. The fourth-order valence-electron chi connectivity index (χ4n) is 1.85. The molecule has 3 nitrogen and oxygen atoms in total.